The number of thioether (sulfide) groups is 1. The average molecular weight is 283 g/mol. The number of hydrogen-bond acceptors (Lipinski definition) is 5. The second-order valence-electron chi connectivity index (χ2n) is 4.22. The normalized spacial score (nSPS) is 22.2. The summed E-state index contributed by atoms with van der Waals surface area (Å²) in [6.07, 6.45) is 0. The van der Waals surface area contributed by atoms with Crippen LogP contribution in [0.4, 0.5) is 0 Å². The van der Waals surface area contributed by atoms with E-state index in [1.165, 1.54) is 0 Å². The zero-order chi connectivity index (χ0) is 13.8. The van der Waals surface area contributed by atoms with Crippen molar-refractivity contribution in [3.63, 3.8) is 0 Å². The summed E-state index contributed by atoms with van der Waals surface area (Å²) in [5.74, 6) is 0.925. The van der Waals surface area contributed by atoms with E-state index in [0.717, 1.165) is 5.56 Å². The number of methoxy groups -OCH3 is 1. The molecule has 1 aromatic rings. The molecule has 1 heterocycles. The van der Waals surface area contributed by atoms with Gasteiger partial charge in [-0.15, -0.1) is 0 Å². The highest BCUT2D eigenvalue weighted by atomic mass is 32.2. The van der Waals surface area contributed by atoms with Crippen LogP contribution in [0.15, 0.2) is 18.2 Å². The second kappa shape index (κ2) is 6.16. The summed E-state index contributed by atoms with van der Waals surface area (Å²) in [5, 5.41) is 12.7. The van der Waals surface area contributed by atoms with Crippen molar-refractivity contribution in [1.82, 2.24) is 0 Å². The van der Waals surface area contributed by atoms with Crippen molar-refractivity contribution in [3.05, 3.63) is 23.8 Å². The molecule has 1 aliphatic rings. The average Bonchev–Trinajstić information content (AvgIpc) is 2.89. The minimum absolute atomic E-state index is 0.0625. The molecule has 1 fully saturated rings. The summed E-state index contributed by atoms with van der Waals surface area (Å²) < 4.78 is 10.8. The van der Waals surface area contributed by atoms with Crippen molar-refractivity contribution in [1.29, 1.82) is 0 Å². The van der Waals surface area contributed by atoms with E-state index in [2.05, 4.69) is 0 Å². The summed E-state index contributed by atoms with van der Waals surface area (Å²) >= 11 is 1.60. The first-order valence-corrected chi connectivity index (χ1v) is 7.18. The van der Waals surface area contributed by atoms with Gasteiger partial charge in [-0.05, 0) is 25.1 Å². The Balaban J connectivity index is 2.15. The van der Waals surface area contributed by atoms with Gasteiger partial charge in [-0.2, -0.15) is 0 Å². The van der Waals surface area contributed by atoms with E-state index >= 15 is 0 Å². The maximum absolute atomic E-state index is 10.8. The smallest absolute Gasteiger partial charge is 0.161 e. The maximum Gasteiger partial charge on any atom is 0.161 e. The first kappa shape index (κ1) is 14.0. The van der Waals surface area contributed by atoms with Crippen LogP contribution in [0.25, 0.3) is 0 Å². The van der Waals surface area contributed by atoms with Crippen LogP contribution in [0.5, 0.6) is 11.5 Å². The van der Waals surface area contributed by atoms with E-state index in [-0.39, 0.29) is 5.37 Å². The number of carboxylic acids is 1. The van der Waals surface area contributed by atoms with E-state index in [0.29, 0.717) is 23.9 Å². The van der Waals surface area contributed by atoms with Gasteiger partial charge in [0.05, 0.1) is 19.5 Å². The molecule has 2 unspecified atom stereocenters. The molecule has 2 N–H and O–H groups in total. The lowest BCUT2D eigenvalue weighted by Gasteiger charge is -2.14. The molecule has 2 atom stereocenters. The molecule has 1 aromatic carbocycles. The Bertz CT molecular complexity index is 466. The number of quaternary nitrogens is 1. The predicted molar refractivity (Wildman–Crippen MR) is 70.1 cm³/mol. The number of ether oxygens (including phenoxy) is 2. The fourth-order valence-electron chi connectivity index (χ4n) is 2.02. The largest absolute Gasteiger partial charge is 0.544 e. The molecule has 19 heavy (non-hydrogen) atoms. The summed E-state index contributed by atoms with van der Waals surface area (Å²) in [7, 11) is 1.59. The first-order valence-electron chi connectivity index (χ1n) is 6.14. The van der Waals surface area contributed by atoms with E-state index in [9.17, 15) is 9.90 Å². The zero-order valence-electron chi connectivity index (χ0n) is 10.9. The highest BCUT2D eigenvalue weighted by Gasteiger charge is 2.31. The standard InChI is InChI=1S/C13H17NO4S/c1-3-18-10-5-4-8(6-11(10)17-2)12-14-9(7-19-12)13(15)16/h4-6,9,12,14H,3,7H2,1-2H3,(H,15,16). The second-order valence-corrected chi connectivity index (χ2v) is 5.39. The van der Waals surface area contributed by atoms with Gasteiger partial charge in [0.2, 0.25) is 0 Å². The minimum Gasteiger partial charge on any atom is -0.544 e. The number of benzene rings is 1. The monoisotopic (exact) mass is 283 g/mol. The van der Waals surface area contributed by atoms with Crippen LogP contribution in [0.1, 0.15) is 17.9 Å². The van der Waals surface area contributed by atoms with Crippen molar-refractivity contribution in [2.75, 3.05) is 19.5 Å². The maximum atomic E-state index is 10.8. The molecule has 1 aliphatic heterocycles. The van der Waals surface area contributed by atoms with Crippen molar-refractivity contribution < 1.29 is 24.7 Å². The van der Waals surface area contributed by atoms with Gasteiger partial charge in [-0.3, -0.25) is 0 Å². The molecule has 0 bridgehead atoms. The number of carbonyl (C=O) groups excluding carboxylic acids is 1. The Labute approximate surface area is 116 Å². The third kappa shape index (κ3) is 3.13. The molecule has 0 aliphatic carbocycles. The molecule has 5 nitrogen and oxygen atoms in total. The number of nitrogens with two attached hydrogens (primary N) is 1. The van der Waals surface area contributed by atoms with Gasteiger partial charge >= 0.3 is 0 Å². The van der Waals surface area contributed by atoms with Crippen LogP contribution in [0.3, 0.4) is 0 Å². The third-order valence-corrected chi connectivity index (χ3v) is 4.32. The van der Waals surface area contributed by atoms with E-state index in [1.54, 1.807) is 18.9 Å². The molecular weight excluding hydrogens is 266 g/mol. The minimum atomic E-state index is -1.01. The molecule has 0 saturated carbocycles. The number of carboxylic acid groups (broad SMARTS) is 1. The summed E-state index contributed by atoms with van der Waals surface area (Å²) in [4.78, 5) is 10.8. The summed E-state index contributed by atoms with van der Waals surface area (Å²) in [5.41, 5.74) is 1.02. The van der Waals surface area contributed by atoms with Gasteiger partial charge in [0.1, 0.15) is 12.0 Å². The molecule has 0 radical (unpaired) electrons. The number of carbonyl (C=O) groups is 1. The molecule has 6 heteroatoms. The highest BCUT2D eigenvalue weighted by molar-refractivity contribution is 7.99. The highest BCUT2D eigenvalue weighted by Crippen LogP contribution is 2.34. The topological polar surface area (TPSA) is 75.2 Å². The van der Waals surface area contributed by atoms with Gasteiger partial charge in [0.15, 0.2) is 16.9 Å². The van der Waals surface area contributed by atoms with Gasteiger partial charge in [-0.1, -0.05) is 11.8 Å². The number of aliphatic carboxylic acids is 1. The predicted octanol–water partition coefficient (Wildman–Crippen LogP) is -0.479. The molecular formula is C13H17NO4S. The van der Waals surface area contributed by atoms with Crippen molar-refractivity contribution in [3.8, 4) is 11.5 Å². The fourth-order valence-corrected chi connectivity index (χ4v) is 3.32. The quantitative estimate of drug-likeness (QED) is 0.790. The van der Waals surface area contributed by atoms with Gasteiger partial charge < -0.3 is 24.7 Å². The third-order valence-electron chi connectivity index (χ3n) is 2.98. The number of hydrogen-bond donors (Lipinski definition) is 1. The molecule has 2 rings (SSSR count). The lowest BCUT2D eigenvalue weighted by molar-refractivity contribution is -0.690. The van der Waals surface area contributed by atoms with Crippen LogP contribution in [0.2, 0.25) is 0 Å². The lowest BCUT2D eigenvalue weighted by atomic mass is 10.2. The Morgan fingerprint density at radius 3 is 2.89 bits per heavy atom. The summed E-state index contributed by atoms with van der Waals surface area (Å²) in [6.45, 7) is 2.49. The van der Waals surface area contributed by atoms with E-state index in [1.807, 2.05) is 30.4 Å². The van der Waals surface area contributed by atoms with Crippen LogP contribution in [-0.2, 0) is 4.79 Å². The van der Waals surface area contributed by atoms with Gasteiger partial charge in [0, 0.05) is 5.56 Å². The van der Waals surface area contributed by atoms with Crippen LogP contribution < -0.4 is 19.9 Å². The van der Waals surface area contributed by atoms with Gasteiger partial charge in [-0.25, -0.2) is 0 Å². The van der Waals surface area contributed by atoms with Crippen molar-refractivity contribution in [2.45, 2.75) is 18.3 Å². The Hall–Kier alpha value is -1.40. The van der Waals surface area contributed by atoms with Crippen LogP contribution >= 0.6 is 11.8 Å². The molecule has 0 aromatic heterocycles. The first-order chi connectivity index (χ1) is 9.15. The number of rotatable bonds is 5. The Morgan fingerprint density at radius 2 is 2.32 bits per heavy atom. The van der Waals surface area contributed by atoms with Crippen LogP contribution in [-0.4, -0.2) is 31.5 Å². The van der Waals surface area contributed by atoms with Crippen molar-refractivity contribution in [2.24, 2.45) is 0 Å². The van der Waals surface area contributed by atoms with Crippen LogP contribution in [0, 0.1) is 0 Å². The molecule has 104 valence electrons. The van der Waals surface area contributed by atoms with Crippen molar-refractivity contribution >= 4 is 17.7 Å². The molecule has 0 amide bonds. The fraction of sp³-hybridized carbons (Fsp3) is 0.462. The lowest BCUT2D eigenvalue weighted by Crippen LogP contribution is -2.90. The Kier molecular flexibility index (Phi) is 4.55. The zero-order valence-corrected chi connectivity index (χ0v) is 11.7. The molecule has 1 saturated heterocycles. The SMILES string of the molecule is CCOc1ccc(C2[NH2+]C(C(=O)[O-])CS2)cc1OC. The molecule has 0 spiro atoms. The summed E-state index contributed by atoms with van der Waals surface area (Å²) in [6, 6.07) is 5.22. The Morgan fingerprint density at radius 1 is 1.53 bits per heavy atom. The van der Waals surface area contributed by atoms with E-state index in [4.69, 9.17) is 9.47 Å². The van der Waals surface area contributed by atoms with E-state index < -0.39 is 12.0 Å². The van der Waals surface area contributed by atoms with Gasteiger partial charge in [0.25, 0.3) is 0 Å².